The zero-order chi connectivity index (χ0) is 98.8. The average Bonchev–Trinajstić information content (AvgIpc) is 1.54. The van der Waals surface area contributed by atoms with E-state index in [9.17, 15) is 213 Å². The van der Waals surface area contributed by atoms with Crippen LogP contribution in [0.1, 0.15) is 90.5 Å². The maximum absolute atomic E-state index is 15.1. The molecule has 3 saturated heterocycles. The van der Waals surface area contributed by atoms with Crippen LogP contribution in [0.3, 0.4) is 0 Å². The standard InChI is InChI=1S/C77H96N6O48/c1-28(2)45(83-66(103)81-76(123,124)75(121,122)77(83,125)126)61(100)80-39(69(105,106)41-46(88)51(93)55(97)52(94)47(41)89)24-40(87)67(104,70(107,108)42-48(90)53(95)56(98)54(96)49(42)91)25-36(85)27-128-59-43(71(109,110)111)50(92)57(99)60(44(59)72(112,113)114)129-37-16-14-32(15-17-37)21-34(79-63(101)68(82-19-9-18-78-65(82)102)64(131-68)130-62(73(115,116)117)74(118,119)120)23-38(86)33(20-31-12-6-5-7-13-31)22-35(84)26-127-58-29(3)10-8-11-30(58)4/h5-8,10-17,28,33-34,38-40,45,62,64,86-99,104-126H,9,18-27H2,1-4H3,(H,78,102)(H,79,101)(H,80,100)(H,81,103). The molecular weight excluding hydrogens is 1780 g/mol. The molecule has 3 aliphatic rings. The van der Waals surface area contributed by atoms with Gasteiger partial charge in [-0.25, -0.2) is 9.59 Å². The van der Waals surface area contributed by atoms with E-state index in [2.05, 4.69) is 10.6 Å². The molecule has 41 N–H and O–H groups in total. The van der Waals surface area contributed by atoms with Crippen molar-refractivity contribution in [3.05, 3.63) is 117 Å². The minimum Gasteiger partial charge on any atom is -0.504 e. The lowest BCUT2D eigenvalue weighted by molar-refractivity contribution is -0.496. The van der Waals surface area contributed by atoms with Crippen LogP contribution in [0.15, 0.2) is 72.8 Å². The molecule has 6 aromatic rings. The van der Waals surface area contributed by atoms with Crippen molar-refractivity contribution >= 4 is 35.4 Å². The smallest absolute Gasteiger partial charge is 0.326 e. The van der Waals surface area contributed by atoms with Gasteiger partial charge < -0.3 is 229 Å². The van der Waals surface area contributed by atoms with Gasteiger partial charge in [0.2, 0.25) is 70.1 Å². The number of ketones is 2. The third-order valence-electron chi connectivity index (χ3n) is 21.7. The number of aliphatic hydroxyl groups excluding tert-OH is 2. The SMILES string of the molecule is Cc1cccc(C)c1OCC(=O)CC(Cc1ccccc1)C(O)CC(Cc1ccc(Oc2c(O)c(O)c(C(O)(O)O)c(OCC(=O)CC(O)(C(O)CC(NC(=O)C(C(C)C)N3C(=O)NC(O)(O)C(O)(O)C3(O)O)C(O)(O)c3c(O)c(O)c(O)c(O)c3O)C(O)(O)c3c(O)c(O)c(O)c(O)c3O)c2C(O)(O)O)cc1)NC(=O)C1(N2CCCNC2=O)OC1OC(C(O)(O)O)C(O)(O)O. The predicted molar refractivity (Wildman–Crippen MR) is 415 cm³/mol. The summed E-state index contributed by atoms with van der Waals surface area (Å²) in [6.07, 6.45) is -17.9. The summed E-state index contributed by atoms with van der Waals surface area (Å²) in [5, 5.41) is 413. The van der Waals surface area contributed by atoms with Crippen molar-refractivity contribution < 1.29 is 241 Å². The fourth-order valence-electron chi connectivity index (χ4n) is 14.9. The van der Waals surface area contributed by atoms with Gasteiger partial charge in [-0.1, -0.05) is 74.5 Å². The summed E-state index contributed by atoms with van der Waals surface area (Å²) in [4.78, 5) is 85.5. The zero-order valence-corrected chi connectivity index (χ0v) is 68.3. The molecule has 0 aliphatic carbocycles. The molecule has 131 heavy (non-hydrogen) atoms. The van der Waals surface area contributed by atoms with Gasteiger partial charge in [0.15, 0.2) is 51.7 Å². The first-order chi connectivity index (χ1) is 60.1. The number of nitrogens with zero attached hydrogens (tertiary/aromatic N) is 2. The molecule has 3 fully saturated rings. The molecule has 9 unspecified atom stereocenters. The Bertz CT molecular complexity index is 5180. The quantitative estimate of drug-likeness (QED) is 0.00737. The molecule has 0 bridgehead atoms. The van der Waals surface area contributed by atoms with Crippen molar-refractivity contribution in [1.82, 2.24) is 31.1 Å². The Morgan fingerprint density at radius 1 is 0.550 bits per heavy atom. The topological polar surface area (TPSA) is 955 Å². The van der Waals surface area contributed by atoms with Crippen LogP contribution >= 0.6 is 0 Å². The number of phenolic OH excluding ortho intramolecular Hbond substituents is 12. The Balaban J connectivity index is 1.11. The normalized spacial score (nSPS) is 19.0. The van der Waals surface area contributed by atoms with Crippen LogP contribution < -0.4 is 35.5 Å². The zero-order valence-electron chi connectivity index (χ0n) is 68.3. The minimum atomic E-state index is -5.22. The molecule has 6 aromatic carbocycles. The second-order valence-corrected chi connectivity index (χ2v) is 31.6. The van der Waals surface area contributed by atoms with Gasteiger partial charge in [-0.15, -0.1) is 0 Å². The second kappa shape index (κ2) is 37.0. The molecule has 6 amide bonds. The van der Waals surface area contributed by atoms with E-state index in [0.29, 0.717) is 27.3 Å². The van der Waals surface area contributed by atoms with Crippen molar-refractivity contribution in [3.63, 3.8) is 0 Å². The number of phenols is 12. The van der Waals surface area contributed by atoms with Gasteiger partial charge in [-0.2, -0.15) is 0 Å². The monoisotopic (exact) mass is 1870 g/mol. The van der Waals surface area contributed by atoms with Crippen molar-refractivity contribution in [2.45, 2.75) is 180 Å². The van der Waals surface area contributed by atoms with E-state index in [0.717, 1.165) is 43.4 Å². The number of aromatic hydroxyl groups is 12. The first kappa shape index (κ1) is 103. The number of hydrogen-bond acceptors (Lipinski definition) is 48. The highest BCUT2D eigenvalue weighted by molar-refractivity contribution is 5.93. The molecule has 9 rings (SSSR count). The Hall–Kier alpha value is -11.9. The van der Waals surface area contributed by atoms with Crippen LogP contribution in [0, 0.1) is 25.7 Å². The molecule has 9 atom stereocenters. The highest BCUT2D eigenvalue weighted by Gasteiger charge is 2.74. The summed E-state index contributed by atoms with van der Waals surface area (Å²) in [7, 11) is 0. The molecule has 54 nitrogen and oxygen atoms in total. The number of hydrogen-bond donors (Lipinski definition) is 41. The van der Waals surface area contributed by atoms with E-state index < -0.39 is 313 Å². The van der Waals surface area contributed by atoms with Gasteiger partial charge in [0.1, 0.15) is 58.8 Å². The molecule has 3 heterocycles. The van der Waals surface area contributed by atoms with Crippen LogP contribution in [0.4, 0.5) is 9.59 Å². The lowest BCUT2D eigenvalue weighted by Crippen LogP contribution is -2.86. The van der Waals surface area contributed by atoms with Gasteiger partial charge in [-0.05, 0) is 85.8 Å². The number of Topliss-reactive ketones (excluding diaryl/α,β-unsaturated/α-hetero) is 2. The number of benzene rings is 6. The van der Waals surface area contributed by atoms with Gasteiger partial charge in [0, 0.05) is 38.4 Å². The number of aryl methyl sites for hydroxylation is 2. The average molecular weight is 1870 g/mol. The fourth-order valence-corrected chi connectivity index (χ4v) is 14.9. The summed E-state index contributed by atoms with van der Waals surface area (Å²) in [5.74, 6) is -81.5. The number of rotatable bonds is 39. The molecule has 3 aliphatic heterocycles. The van der Waals surface area contributed by atoms with Gasteiger partial charge >= 0.3 is 53.6 Å². The molecule has 0 saturated carbocycles. The van der Waals surface area contributed by atoms with Crippen LogP contribution in [-0.4, -0.2) is 344 Å². The summed E-state index contributed by atoms with van der Waals surface area (Å²) < 4.78 is 27.5. The van der Waals surface area contributed by atoms with Crippen molar-refractivity contribution in [3.8, 4) is 92.0 Å². The highest BCUT2D eigenvalue weighted by Crippen LogP contribution is 2.60. The molecule has 54 heteroatoms. The fraction of sp³-hybridized carbons (Fsp3) is 0.455. The molecule has 0 aromatic heterocycles. The van der Waals surface area contributed by atoms with E-state index in [-0.39, 0.29) is 31.5 Å². The Kier molecular flexibility index (Phi) is 29.0. The maximum Gasteiger partial charge on any atom is 0.326 e. The Labute approximate surface area is 732 Å². The van der Waals surface area contributed by atoms with Gasteiger partial charge in [0.25, 0.3) is 11.6 Å². The largest absolute Gasteiger partial charge is 0.504 e. The number of amides is 6. The summed E-state index contributed by atoms with van der Waals surface area (Å²) in [6, 6.07) is 5.88. The number of ether oxygens (including phenoxy) is 5. The first-order valence-corrected chi connectivity index (χ1v) is 38.4. The Morgan fingerprint density at radius 2 is 1.04 bits per heavy atom. The first-order valence-electron chi connectivity index (χ1n) is 38.4. The molecule has 0 radical (unpaired) electrons. The summed E-state index contributed by atoms with van der Waals surface area (Å²) in [5.41, 5.74) is -14.7. The van der Waals surface area contributed by atoms with Crippen LogP contribution in [-0.2, 0) is 65.0 Å². The number of carbonyl (C=O) groups is 6. The number of para-hydroxylation sites is 1. The number of nitrogens with one attached hydrogen (secondary N) is 4. The lowest BCUT2D eigenvalue weighted by atomic mass is 9.75. The maximum atomic E-state index is 15.1. The van der Waals surface area contributed by atoms with E-state index in [1.807, 2.05) is 0 Å². The van der Waals surface area contributed by atoms with Crippen molar-refractivity contribution in [1.29, 1.82) is 0 Å². The number of carbonyl (C=O) groups excluding carboxylic acids is 6. The van der Waals surface area contributed by atoms with Gasteiger partial charge in [-0.3, -0.25) is 34.3 Å². The van der Waals surface area contributed by atoms with Crippen molar-refractivity contribution in [2.24, 2.45) is 11.8 Å². The number of epoxide rings is 1. The molecule has 0 spiro atoms. The molecular formula is C77H96N6O48. The van der Waals surface area contributed by atoms with E-state index >= 15 is 4.79 Å². The molecule has 722 valence electrons. The second-order valence-electron chi connectivity index (χ2n) is 31.6. The summed E-state index contributed by atoms with van der Waals surface area (Å²) >= 11 is 0. The van der Waals surface area contributed by atoms with E-state index in [1.165, 1.54) is 5.32 Å². The number of aliphatic hydroxyl groups is 25. The predicted octanol–water partition coefficient (Wildman–Crippen LogP) is -10.5. The van der Waals surface area contributed by atoms with E-state index in [1.54, 1.807) is 62.4 Å². The number of urea groups is 2. The van der Waals surface area contributed by atoms with Crippen LogP contribution in [0.2, 0.25) is 0 Å². The van der Waals surface area contributed by atoms with Crippen LogP contribution in [0.25, 0.3) is 0 Å². The van der Waals surface area contributed by atoms with Crippen molar-refractivity contribution in [2.75, 3.05) is 26.3 Å². The summed E-state index contributed by atoms with van der Waals surface area (Å²) in [6.45, 7) is 1.88. The third-order valence-corrected chi connectivity index (χ3v) is 21.7. The lowest BCUT2D eigenvalue weighted by Gasteiger charge is -2.53. The van der Waals surface area contributed by atoms with E-state index in [4.69, 9.17) is 23.7 Å². The van der Waals surface area contributed by atoms with Gasteiger partial charge in [0.05, 0.1) is 18.2 Å². The third kappa shape index (κ3) is 20.1. The van der Waals surface area contributed by atoms with Crippen LogP contribution in [0.5, 0.6) is 92.0 Å². The minimum absolute atomic E-state index is 0.0138. The highest BCUT2D eigenvalue weighted by atomic mass is 16.8. The Morgan fingerprint density at radius 3 is 1.54 bits per heavy atom.